The summed E-state index contributed by atoms with van der Waals surface area (Å²) in [7, 11) is 2.22. The molecule has 0 radical (unpaired) electrons. The van der Waals surface area contributed by atoms with Gasteiger partial charge in [-0.25, -0.2) is 0 Å². The molecular weight excluding hydrogens is 302 g/mol. The number of hydrogen-bond donors (Lipinski definition) is 1. The number of rotatable bonds is 7. The number of pyridine rings is 1. The van der Waals surface area contributed by atoms with Crippen LogP contribution in [0.4, 0.5) is 0 Å². The van der Waals surface area contributed by atoms with E-state index < -0.39 is 0 Å². The van der Waals surface area contributed by atoms with E-state index in [4.69, 9.17) is 9.52 Å². The number of likely N-dealkylation sites (tertiary alicyclic amines) is 1. The maximum atomic E-state index is 9.11. The Kier molecular flexibility index (Phi) is 6.01. The van der Waals surface area contributed by atoms with E-state index in [1.807, 2.05) is 24.4 Å². The van der Waals surface area contributed by atoms with Gasteiger partial charge in [-0.3, -0.25) is 9.88 Å². The third-order valence-corrected chi connectivity index (χ3v) is 4.80. The Labute approximate surface area is 143 Å². The minimum atomic E-state index is -0.0289. The zero-order valence-corrected chi connectivity index (χ0v) is 14.4. The van der Waals surface area contributed by atoms with Crippen molar-refractivity contribution in [3.8, 4) is 0 Å². The molecule has 1 fully saturated rings. The van der Waals surface area contributed by atoms with E-state index in [0.29, 0.717) is 11.8 Å². The molecule has 0 aliphatic carbocycles. The molecule has 2 aromatic heterocycles. The lowest BCUT2D eigenvalue weighted by Gasteiger charge is -2.37. The summed E-state index contributed by atoms with van der Waals surface area (Å²) in [6.07, 6.45) is 5.31. The van der Waals surface area contributed by atoms with Crippen LogP contribution in [-0.4, -0.2) is 52.6 Å². The van der Waals surface area contributed by atoms with Crippen LogP contribution in [0.5, 0.6) is 0 Å². The zero-order valence-electron chi connectivity index (χ0n) is 14.4. The van der Waals surface area contributed by atoms with Gasteiger partial charge in [0.15, 0.2) is 0 Å². The van der Waals surface area contributed by atoms with Crippen LogP contribution in [0, 0.1) is 0 Å². The number of nitrogens with zero attached hydrogens (tertiary/aromatic N) is 3. The molecular formula is C19H27N3O2. The van der Waals surface area contributed by atoms with Crippen molar-refractivity contribution in [1.29, 1.82) is 0 Å². The summed E-state index contributed by atoms with van der Waals surface area (Å²) in [5, 5.41) is 9.11. The Bertz CT molecular complexity index is 614. The third kappa shape index (κ3) is 4.66. The van der Waals surface area contributed by atoms with Crippen molar-refractivity contribution in [3.63, 3.8) is 0 Å². The summed E-state index contributed by atoms with van der Waals surface area (Å²) in [6.45, 7) is 4.00. The number of furan rings is 1. The van der Waals surface area contributed by atoms with Gasteiger partial charge in [0.25, 0.3) is 0 Å². The summed E-state index contributed by atoms with van der Waals surface area (Å²) in [5.74, 6) is 1.59. The lowest BCUT2D eigenvalue weighted by atomic mass is 10.0. The molecule has 1 aliphatic rings. The molecule has 0 bridgehead atoms. The van der Waals surface area contributed by atoms with Gasteiger partial charge in [0, 0.05) is 37.4 Å². The van der Waals surface area contributed by atoms with Crippen molar-refractivity contribution in [2.24, 2.45) is 0 Å². The van der Waals surface area contributed by atoms with Gasteiger partial charge >= 0.3 is 0 Å². The van der Waals surface area contributed by atoms with Crippen LogP contribution < -0.4 is 0 Å². The number of aromatic nitrogens is 1. The molecule has 3 heterocycles. The number of aliphatic hydroxyl groups excluding tert-OH is 1. The van der Waals surface area contributed by atoms with Crippen LogP contribution in [-0.2, 0) is 19.6 Å². The fourth-order valence-corrected chi connectivity index (χ4v) is 3.37. The molecule has 130 valence electrons. The highest BCUT2D eigenvalue weighted by atomic mass is 16.4. The largest absolute Gasteiger partial charge is 0.462 e. The van der Waals surface area contributed by atoms with Gasteiger partial charge in [-0.2, -0.15) is 0 Å². The molecule has 1 N–H and O–H groups in total. The Morgan fingerprint density at radius 1 is 1.29 bits per heavy atom. The Balaban J connectivity index is 1.49. The van der Waals surface area contributed by atoms with Gasteiger partial charge in [-0.05, 0) is 50.7 Å². The lowest BCUT2D eigenvalue weighted by molar-refractivity contribution is 0.106. The second-order valence-electron chi connectivity index (χ2n) is 6.61. The quantitative estimate of drug-likeness (QED) is 0.845. The molecule has 0 spiro atoms. The van der Waals surface area contributed by atoms with E-state index in [1.165, 1.54) is 12.8 Å². The molecule has 24 heavy (non-hydrogen) atoms. The molecule has 2 aromatic rings. The van der Waals surface area contributed by atoms with Gasteiger partial charge in [-0.1, -0.05) is 6.07 Å². The van der Waals surface area contributed by atoms with Gasteiger partial charge < -0.3 is 14.4 Å². The molecule has 1 unspecified atom stereocenters. The summed E-state index contributed by atoms with van der Waals surface area (Å²) < 4.78 is 5.62. The first-order chi connectivity index (χ1) is 11.7. The van der Waals surface area contributed by atoms with Crippen molar-refractivity contribution in [2.45, 2.75) is 38.5 Å². The summed E-state index contributed by atoms with van der Waals surface area (Å²) in [6, 6.07) is 10.5. The molecule has 5 heteroatoms. The Morgan fingerprint density at radius 3 is 2.92 bits per heavy atom. The van der Waals surface area contributed by atoms with Crippen LogP contribution in [0.1, 0.15) is 30.1 Å². The Morgan fingerprint density at radius 2 is 2.17 bits per heavy atom. The highest BCUT2D eigenvalue weighted by Crippen LogP contribution is 2.18. The van der Waals surface area contributed by atoms with Gasteiger partial charge in [0.2, 0.25) is 0 Å². The van der Waals surface area contributed by atoms with Gasteiger partial charge in [0.1, 0.15) is 18.1 Å². The minimum Gasteiger partial charge on any atom is -0.462 e. The van der Waals surface area contributed by atoms with Crippen LogP contribution in [0.2, 0.25) is 0 Å². The summed E-state index contributed by atoms with van der Waals surface area (Å²) in [5.41, 5.74) is 1.16. The van der Waals surface area contributed by atoms with Crippen LogP contribution in [0.3, 0.4) is 0 Å². The standard InChI is InChI=1S/C19H27N3O2/c1-21(12-9-16-5-2-3-10-20-16)17-6-4-11-22(13-17)14-18-7-8-19(15-23)24-18/h2-3,5,7-8,10,17,23H,4,6,9,11-15H2,1H3. The normalized spacial score (nSPS) is 19.0. The topological polar surface area (TPSA) is 52.7 Å². The third-order valence-electron chi connectivity index (χ3n) is 4.80. The van der Waals surface area contributed by atoms with E-state index in [2.05, 4.69) is 34.0 Å². The van der Waals surface area contributed by atoms with Crippen LogP contribution >= 0.6 is 0 Å². The first-order valence-corrected chi connectivity index (χ1v) is 8.75. The van der Waals surface area contributed by atoms with Gasteiger partial charge in [-0.15, -0.1) is 0 Å². The molecule has 1 saturated heterocycles. The average Bonchev–Trinajstić information content (AvgIpc) is 3.08. The number of aliphatic hydroxyl groups is 1. The van der Waals surface area contributed by atoms with Crippen molar-refractivity contribution in [2.75, 3.05) is 26.7 Å². The second kappa shape index (κ2) is 8.42. The number of piperidine rings is 1. The summed E-state index contributed by atoms with van der Waals surface area (Å²) in [4.78, 5) is 9.32. The van der Waals surface area contributed by atoms with Crippen molar-refractivity contribution >= 4 is 0 Å². The summed E-state index contributed by atoms with van der Waals surface area (Å²) >= 11 is 0. The van der Waals surface area contributed by atoms with E-state index in [0.717, 1.165) is 44.1 Å². The molecule has 0 aromatic carbocycles. The highest BCUT2D eigenvalue weighted by Gasteiger charge is 2.23. The van der Waals surface area contributed by atoms with Crippen molar-refractivity contribution in [3.05, 3.63) is 53.7 Å². The molecule has 3 rings (SSSR count). The zero-order chi connectivity index (χ0) is 16.8. The molecule has 0 amide bonds. The van der Waals surface area contributed by atoms with Crippen molar-refractivity contribution < 1.29 is 9.52 Å². The molecule has 0 saturated carbocycles. The number of likely N-dealkylation sites (N-methyl/N-ethyl adjacent to an activating group) is 1. The van der Waals surface area contributed by atoms with Crippen LogP contribution in [0.15, 0.2) is 40.9 Å². The number of hydrogen-bond acceptors (Lipinski definition) is 5. The molecule has 1 atom stereocenters. The smallest absolute Gasteiger partial charge is 0.129 e. The predicted octanol–water partition coefficient (Wildman–Crippen LogP) is 2.31. The minimum absolute atomic E-state index is 0.0289. The first-order valence-electron chi connectivity index (χ1n) is 8.75. The average molecular weight is 329 g/mol. The molecule has 5 nitrogen and oxygen atoms in total. The maximum Gasteiger partial charge on any atom is 0.129 e. The molecule has 1 aliphatic heterocycles. The predicted molar refractivity (Wildman–Crippen MR) is 93.5 cm³/mol. The van der Waals surface area contributed by atoms with Crippen molar-refractivity contribution in [1.82, 2.24) is 14.8 Å². The maximum absolute atomic E-state index is 9.11. The Hall–Kier alpha value is -1.69. The first kappa shape index (κ1) is 17.1. The lowest BCUT2D eigenvalue weighted by Crippen LogP contribution is -2.46. The van der Waals surface area contributed by atoms with Gasteiger partial charge in [0.05, 0.1) is 6.54 Å². The SMILES string of the molecule is CN(CCc1ccccn1)C1CCCN(Cc2ccc(CO)o2)C1. The van der Waals surface area contributed by atoms with E-state index in [1.54, 1.807) is 0 Å². The van der Waals surface area contributed by atoms with E-state index in [9.17, 15) is 0 Å². The monoisotopic (exact) mass is 329 g/mol. The van der Waals surface area contributed by atoms with E-state index >= 15 is 0 Å². The van der Waals surface area contributed by atoms with E-state index in [-0.39, 0.29) is 6.61 Å². The highest BCUT2D eigenvalue weighted by molar-refractivity contribution is 5.07. The van der Waals surface area contributed by atoms with Crippen LogP contribution in [0.25, 0.3) is 0 Å². The second-order valence-corrected chi connectivity index (χ2v) is 6.61. The fraction of sp³-hybridized carbons (Fsp3) is 0.526. The fourth-order valence-electron chi connectivity index (χ4n) is 3.37.